The smallest absolute Gasteiger partial charge is 0.191 e. The van der Waals surface area contributed by atoms with Gasteiger partial charge in [0.05, 0.1) is 23.5 Å². The summed E-state index contributed by atoms with van der Waals surface area (Å²) in [7, 11) is 0. The Labute approximate surface area is 207 Å². The molecule has 0 amide bonds. The van der Waals surface area contributed by atoms with Gasteiger partial charge in [0.1, 0.15) is 17.5 Å². The van der Waals surface area contributed by atoms with Crippen LogP contribution in [-0.2, 0) is 11.2 Å². The van der Waals surface area contributed by atoms with Gasteiger partial charge in [0.25, 0.3) is 0 Å². The number of aromatic nitrogens is 2. The van der Waals surface area contributed by atoms with Gasteiger partial charge in [-0.1, -0.05) is 17.7 Å². The Balaban J connectivity index is 0.00000363. The van der Waals surface area contributed by atoms with E-state index in [0.29, 0.717) is 30.9 Å². The zero-order valence-corrected chi connectivity index (χ0v) is 21.5. The number of anilines is 1. The summed E-state index contributed by atoms with van der Waals surface area (Å²) in [5, 5.41) is 20.8. The number of benzene rings is 1. The summed E-state index contributed by atoms with van der Waals surface area (Å²) in [6, 6.07) is 10.1. The van der Waals surface area contributed by atoms with Crippen LogP contribution in [0.25, 0.3) is 5.69 Å². The van der Waals surface area contributed by atoms with Crippen LogP contribution in [0.2, 0.25) is 0 Å². The first kappa shape index (κ1) is 25.9. The van der Waals surface area contributed by atoms with Crippen LogP contribution in [0.15, 0.2) is 29.3 Å². The van der Waals surface area contributed by atoms with Gasteiger partial charge in [0, 0.05) is 19.7 Å². The number of nitrogens with two attached hydrogens (primary N) is 1. The van der Waals surface area contributed by atoms with Gasteiger partial charge in [-0.05, 0) is 58.6 Å². The molecule has 0 saturated carbocycles. The van der Waals surface area contributed by atoms with Gasteiger partial charge in [-0.25, -0.2) is 4.68 Å². The Bertz CT molecular complexity index is 940. The molecule has 1 saturated heterocycles. The van der Waals surface area contributed by atoms with E-state index in [-0.39, 0.29) is 29.6 Å². The van der Waals surface area contributed by atoms with E-state index in [1.807, 2.05) is 38.1 Å². The van der Waals surface area contributed by atoms with Crippen molar-refractivity contribution in [3.8, 4) is 11.8 Å². The lowest BCUT2D eigenvalue weighted by atomic mass is 10.0. The van der Waals surface area contributed by atoms with E-state index in [1.54, 1.807) is 4.68 Å². The highest BCUT2D eigenvalue weighted by atomic mass is 127. The number of halogens is 1. The van der Waals surface area contributed by atoms with Crippen LogP contribution in [0, 0.1) is 18.3 Å². The van der Waals surface area contributed by atoms with Crippen LogP contribution in [0.4, 0.5) is 5.82 Å². The molecule has 2 aromatic rings. The molecule has 9 heteroatoms. The lowest BCUT2D eigenvalue weighted by Crippen LogP contribution is -2.39. The quantitative estimate of drug-likeness (QED) is 0.201. The second-order valence-electron chi connectivity index (χ2n) is 8.19. The SMILES string of the molecule is CCNC(=NCC1(C)CCCO1)NCCCc1nn(-c2ccc(C)cc2)c(N)c1C#N.I. The van der Waals surface area contributed by atoms with Crippen LogP contribution in [0.1, 0.15) is 49.9 Å². The highest BCUT2D eigenvalue weighted by molar-refractivity contribution is 14.0. The Morgan fingerprint density at radius 2 is 2.09 bits per heavy atom. The number of nitriles is 1. The van der Waals surface area contributed by atoms with Gasteiger partial charge in [-0.15, -0.1) is 24.0 Å². The first-order valence-corrected chi connectivity index (χ1v) is 11.0. The molecule has 0 radical (unpaired) electrons. The molecule has 1 aliphatic heterocycles. The van der Waals surface area contributed by atoms with Crippen molar-refractivity contribution in [2.75, 3.05) is 32.0 Å². The number of rotatable bonds is 8. The maximum absolute atomic E-state index is 9.58. The minimum atomic E-state index is -0.162. The number of aliphatic imine (C=N–C) groups is 1. The van der Waals surface area contributed by atoms with E-state index < -0.39 is 0 Å². The van der Waals surface area contributed by atoms with E-state index in [0.717, 1.165) is 55.3 Å². The summed E-state index contributed by atoms with van der Waals surface area (Å²) in [5.74, 6) is 1.17. The van der Waals surface area contributed by atoms with Crippen molar-refractivity contribution in [2.45, 2.75) is 52.1 Å². The van der Waals surface area contributed by atoms with Crippen LogP contribution < -0.4 is 16.4 Å². The predicted octanol–water partition coefficient (Wildman–Crippen LogP) is 3.31. The van der Waals surface area contributed by atoms with Crippen LogP contribution in [-0.4, -0.2) is 47.6 Å². The summed E-state index contributed by atoms with van der Waals surface area (Å²) in [5.41, 5.74) is 9.23. The van der Waals surface area contributed by atoms with Crippen molar-refractivity contribution in [2.24, 2.45) is 4.99 Å². The molecule has 1 aliphatic rings. The monoisotopic (exact) mass is 551 g/mol. The van der Waals surface area contributed by atoms with Crippen LogP contribution in [0.3, 0.4) is 0 Å². The van der Waals surface area contributed by atoms with Gasteiger partial charge in [0.15, 0.2) is 5.96 Å². The second kappa shape index (κ2) is 12.1. The predicted molar refractivity (Wildman–Crippen MR) is 139 cm³/mol. The first-order valence-electron chi connectivity index (χ1n) is 11.0. The summed E-state index contributed by atoms with van der Waals surface area (Å²) >= 11 is 0. The number of nitrogens with zero attached hydrogens (tertiary/aromatic N) is 4. The molecule has 1 atom stereocenters. The second-order valence-corrected chi connectivity index (χ2v) is 8.19. The lowest BCUT2D eigenvalue weighted by molar-refractivity contribution is 0.0283. The molecular formula is C23H34IN7O. The number of guanidine groups is 1. The molecule has 1 fully saturated rings. The van der Waals surface area contributed by atoms with Gasteiger partial charge >= 0.3 is 0 Å². The third-order valence-electron chi connectivity index (χ3n) is 5.48. The van der Waals surface area contributed by atoms with Crippen molar-refractivity contribution in [3.63, 3.8) is 0 Å². The van der Waals surface area contributed by atoms with Gasteiger partial charge < -0.3 is 21.1 Å². The summed E-state index contributed by atoms with van der Waals surface area (Å²) in [6.07, 6.45) is 3.59. The molecule has 3 rings (SSSR count). The summed E-state index contributed by atoms with van der Waals surface area (Å²) in [4.78, 5) is 4.69. The lowest BCUT2D eigenvalue weighted by Gasteiger charge is -2.21. The molecule has 0 spiro atoms. The Morgan fingerprint density at radius 1 is 1.34 bits per heavy atom. The Hall–Kier alpha value is -2.32. The number of hydrogen-bond acceptors (Lipinski definition) is 5. The minimum absolute atomic E-state index is 0. The Morgan fingerprint density at radius 3 is 2.72 bits per heavy atom. The molecule has 0 bridgehead atoms. The molecule has 1 aromatic heterocycles. The highest BCUT2D eigenvalue weighted by Gasteiger charge is 2.29. The maximum Gasteiger partial charge on any atom is 0.191 e. The fourth-order valence-corrected chi connectivity index (χ4v) is 3.67. The van der Waals surface area contributed by atoms with E-state index in [9.17, 15) is 5.26 Å². The molecule has 8 nitrogen and oxygen atoms in total. The number of ether oxygens (including phenoxy) is 1. The molecule has 174 valence electrons. The number of nitrogen functional groups attached to an aromatic ring is 1. The molecular weight excluding hydrogens is 517 g/mol. The van der Waals surface area contributed by atoms with E-state index in [4.69, 9.17) is 10.5 Å². The van der Waals surface area contributed by atoms with Crippen molar-refractivity contribution in [1.82, 2.24) is 20.4 Å². The average molecular weight is 551 g/mol. The minimum Gasteiger partial charge on any atom is -0.382 e. The third kappa shape index (κ3) is 6.59. The average Bonchev–Trinajstić information content (AvgIpc) is 3.33. The highest BCUT2D eigenvalue weighted by Crippen LogP contribution is 2.25. The van der Waals surface area contributed by atoms with E-state index in [2.05, 4.69) is 33.7 Å². The molecule has 1 aromatic carbocycles. The number of nitrogens with one attached hydrogen (secondary N) is 2. The van der Waals surface area contributed by atoms with Gasteiger partial charge in [0.2, 0.25) is 0 Å². The molecule has 32 heavy (non-hydrogen) atoms. The summed E-state index contributed by atoms with van der Waals surface area (Å²) in [6.45, 7) is 9.15. The van der Waals surface area contributed by atoms with Crippen LogP contribution in [0.5, 0.6) is 0 Å². The van der Waals surface area contributed by atoms with Crippen molar-refractivity contribution < 1.29 is 4.74 Å². The molecule has 1 unspecified atom stereocenters. The van der Waals surface area contributed by atoms with Crippen molar-refractivity contribution in [3.05, 3.63) is 41.1 Å². The van der Waals surface area contributed by atoms with Gasteiger partial charge in [-0.2, -0.15) is 10.4 Å². The van der Waals surface area contributed by atoms with Crippen LogP contribution >= 0.6 is 24.0 Å². The number of hydrogen-bond donors (Lipinski definition) is 3. The molecule has 2 heterocycles. The zero-order valence-electron chi connectivity index (χ0n) is 19.1. The summed E-state index contributed by atoms with van der Waals surface area (Å²) < 4.78 is 7.47. The van der Waals surface area contributed by atoms with Crippen molar-refractivity contribution in [1.29, 1.82) is 5.26 Å². The fraction of sp³-hybridized carbons (Fsp3) is 0.522. The van der Waals surface area contributed by atoms with E-state index >= 15 is 0 Å². The third-order valence-corrected chi connectivity index (χ3v) is 5.48. The standard InChI is InChI=1S/C23H33N7O.HI/c1-4-26-22(28-16-23(3)12-6-14-31-23)27-13-5-7-20-19(15-24)21(25)30(29-20)18-10-8-17(2)9-11-18;/h8-11H,4-7,12-14,16,25H2,1-3H3,(H2,26,27,28);1H. The van der Waals surface area contributed by atoms with Crippen molar-refractivity contribution >= 4 is 35.8 Å². The fourth-order valence-electron chi connectivity index (χ4n) is 3.67. The van der Waals surface area contributed by atoms with E-state index in [1.165, 1.54) is 0 Å². The molecule has 0 aliphatic carbocycles. The maximum atomic E-state index is 9.58. The Kier molecular flexibility index (Phi) is 9.78. The first-order chi connectivity index (χ1) is 15.0. The topological polar surface area (TPSA) is 113 Å². The zero-order chi connectivity index (χ0) is 22.3. The normalized spacial score (nSPS) is 18.1. The largest absolute Gasteiger partial charge is 0.382 e. The van der Waals surface area contributed by atoms with Gasteiger partial charge in [-0.3, -0.25) is 4.99 Å². The molecule has 4 N–H and O–H groups in total. The number of aryl methyl sites for hydroxylation is 2.